The number of urea groups is 1. The highest BCUT2D eigenvalue weighted by molar-refractivity contribution is 5.99. The zero-order valence-electron chi connectivity index (χ0n) is 22.7. The van der Waals surface area contributed by atoms with Crippen LogP contribution in [-0.4, -0.2) is 63.8 Å². The van der Waals surface area contributed by atoms with Gasteiger partial charge in [0.05, 0.1) is 11.3 Å². The Labute approximate surface area is 235 Å². The summed E-state index contributed by atoms with van der Waals surface area (Å²) < 4.78 is 43.3. The summed E-state index contributed by atoms with van der Waals surface area (Å²) in [5.74, 6) is 0.706. The van der Waals surface area contributed by atoms with Crippen molar-refractivity contribution in [1.29, 1.82) is 0 Å². The smallest absolute Gasteiger partial charge is 0.384 e. The van der Waals surface area contributed by atoms with Crippen LogP contribution in [0, 0.1) is 0 Å². The molecule has 0 saturated carbocycles. The number of nitrogens with one attached hydrogen (secondary N) is 2. The number of benzene rings is 2. The number of hydrogen-bond acceptors (Lipinski definition) is 6. The quantitative estimate of drug-likeness (QED) is 0.300. The van der Waals surface area contributed by atoms with E-state index in [9.17, 15) is 18.0 Å². The molecule has 0 radical (unpaired) electrons. The Kier molecular flexibility index (Phi) is 7.95. The summed E-state index contributed by atoms with van der Waals surface area (Å²) >= 11 is 0. The number of halogens is 3. The van der Waals surface area contributed by atoms with E-state index in [4.69, 9.17) is 5.73 Å². The maximum absolute atomic E-state index is 13.9. The van der Waals surface area contributed by atoms with Gasteiger partial charge in [-0.1, -0.05) is 30.3 Å². The highest BCUT2D eigenvalue weighted by Crippen LogP contribution is 2.35. The highest BCUT2D eigenvalue weighted by atomic mass is 19.4. The Morgan fingerprint density at radius 2 is 1.59 bits per heavy atom. The molecule has 0 atom stereocenters. The van der Waals surface area contributed by atoms with Crippen molar-refractivity contribution in [3.05, 3.63) is 78.0 Å². The lowest BCUT2D eigenvalue weighted by atomic mass is 10.0. The van der Waals surface area contributed by atoms with Crippen molar-refractivity contribution in [2.24, 2.45) is 7.05 Å². The first-order valence-corrected chi connectivity index (χ1v) is 13.1. The number of carbonyl (C=O) groups excluding carboxylic acids is 1. The van der Waals surface area contributed by atoms with E-state index in [1.165, 1.54) is 12.1 Å². The molecule has 4 aromatic rings. The van der Waals surface area contributed by atoms with Crippen LogP contribution in [0.3, 0.4) is 0 Å². The highest BCUT2D eigenvalue weighted by Gasteiger charge is 2.34. The fourth-order valence-corrected chi connectivity index (χ4v) is 4.79. The van der Waals surface area contributed by atoms with Crippen molar-refractivity contribution in [3.63, 3.8) is 0 Å². The van der Waals surface area contributed by atoms with Gasteiger partial charge in [0, 0.05) is 63.3 Å². The van der Waals surface area contributed by atoms with Gasteiger partial charge in [0.2, 0.25) is 0 Å². The number of nitrogens with zero attached hydrogens (tertiary/aromatic N) is 5. The summed E-state index contributed by atoms with van der Waals surface area (Å²) in [6, 6.07) is 16.3. The minimum absolute atomic E-state index is 0.0425. The molecule has 1 fully saturated rings. The molecule has 214 valence electrons. The first-order valence-electron chi connectivity index (χ1n) is 13.1. The number of likely N-dealkylation sites (N-methyl/N-ethyl adjacent to an activating group) is 1. The molecule has 2 aromatic heterocycles. The largest absolute Gasteiger partial charge is 0.416 e. The number of nitrogens with two attached hydrogens (primary N) is 1. The third kappa shape index (κ3) is 6.84. The van der Waals surface area contributed by atoms with Crippen LogP contribution in [-0.2, 0) is 19.8 Å². The minimum atomic E-state index is -4.55. The molecule has 3 heterocycles. The third-order valence-corrected chi connectivity index (χ3v) is 7.08. The van der Waals surface area contributed by atoms with Gasteiger partial charge in [-0.05, 0) is 48.0 Å². The van der Waals surface area contributed by atoms with Crippen LogP contribution in [0.2, 0.25) is 0 Å². The van der Waals surface area contributed by atoms with E-state index in [1.807, 2.05) is 42.3 Å². The fourth-order valence-electron chi connectivity index (χ4n) is 4.79. The van der Waals surface area contributed by atoms with Gasteiger partial charge in [-0.3, -0.25) is 14.9 Å². The molecule has 4 N–H and O–H groups in total. The van der Waals surface area contributed by atoms with Crippen LogP contribution in [0.25, 0.3) is 22.4 Å². The van der Waals surface area contributed by atoms with E-state index >= 15 is 0 Å². The molecule has 1 aliphatic rings. The van der Waals surface area contributed by atoms with Crippen LogP contribution in [0.1, 0.15) is 11.1 Å². The summed E-state index contributed by atoms with van der Waals surface area (Å²) in [5.41, 5.74) is 8.64. The maximum Gasteiger partial charge on any atom is 0.416 e. The fraction of sp³-hybridized carbons (Fsp3) is 0.276. The van der Waals surface area contributed by atoms with Crippen molar-refractivity contribution in [1.82, 2.24) is 24.6 Å². The number of rotatable bonds is 6. The SMILES string of the molecule is CN1CCN(Cc2ccc(NC(=O)Nc3cc(-c4ccc(-c5ccc(N)nc5)cc4)n(C)n3)cc2C(F)(F)F)CC1. The van der Waals surface area contributed by atoms with Gasteiger partial charge in [-0.15, -0.1) is 0 Å². The van der Waals surface area contributed by atoms with Crippen LogP contribution in [0.5, 0.6) is 0 Å². The van der Waals surface area contributed by atoms with E-state index in [1.54, 1.807) is 30.1 Å². The third-order valence-electron chi connectivity index (χ3n) is 7.08. The summed E-state index contributed by atoms with van der Waals surface area (Å²) in [7, 11) is 3.74. The first kappa shape index (κ1) is 28.1. The zero-order valence-corrected chi connectivity index (χ0v) is 22.7. The molecule has 12 heteroatoms. The topological polar surface area (TPSA) is 104 Å². The van der Waals surface area contributed by atoms with Gasteiger partial charge in [0.1, 0.15) is 5.82 Å². The standard InChI is InChI=1S/C29H31F3N8O/c1-38-11-13-40(14-12-38)18-22-7-9-23(15-24(22)29(30,31)32)35-28(41)36-27-16-25(39(2)37-27)20-5-3-19(4-6-20)21-8-10-26(33)34-17-21/h3-10,15-17H,11-14,18H2,1-2H3,(H2,33,34)(H2,35,36,37,41). The van der Waals surface area contributed by atoms with Gasteiger partial charge >= 0.3 is 12.2 Å². The Morgan fingerprint density at radius 3 is 2.24 bits per heavy atom. The number of aromatic nitrogens is 3. The number of piperazine rings is 1. The lowest BCUT2D eigenvalue weighted by Crippen LogP contribution is -2.44. The normalized spacial score (nSPS) is 14.7. The Bertz CT molecular complexity index is 1510. The molecule has 2 amide bonds. The average molecular weight is 565 g/mol. The second-order valence-corrected chi connectivity index (χ2v) is 10.1. The lowest BCUT2D eigenvalue weighted by Gasteiger charge is -2.33. The van der Waals surface area contributed by atoms with Crippen LogP contribution in [0.15, 0.2) is 66.9 Å². The van der Waals surface area contributed by atoms with Crippen LogP contribution >= 0.6 is 0 Å². The number of aryl methyl sites for hydroxylation is 1. The van der Waals surface area contributed by atoms with Crippen molar-refractivity contribution in [2.45, 2.75) is 12.7 Å². The van der Waals surface area contributed by atoms with E-state index in [2.05, 4.69) is 25.6 Å². The first-order chi connectivity index (χ1) is 19.5. The van der Waals surface area contributed by atoms with E-state index < -0.39 is 17.8 Å². The van der Waals surface area contributed by atoms with Crippen LogP contribution < -0.4 is 16.4 Å². The Balaban J connectivity index is 1.25. The lowest BCUT2D eigenvalue weighted by molar-refractivity contribution is -0.138. The van der Waals surface area contributed by atoms with Gasteiger partial charge < -0.3 is 16.0 Å². The number of anilines is 3. The average Bonchev–Trinajstić information content (AvgIpc) is 3.30. The minimum Gasteiger partial charge on any atom is -0.384 e. The van der Waals surface area contributed by atoms with Gasteiger partial charge in [-0.25, -0.2) is 9.78 Å². The maximum atomic E-state index is 13.9. The Hall–Kier alpha value is -4.42. The summed E-state index contributed by atoms with van der Waals surface area (Å²) in [6.45, 7) is 3.22. The number of carbonyl (C=O) groups is 1. The molecule has 0 bridgehead atoms. The molecule has 0 unspecified atom stereocenters. The molecule has 1 aliphatic heterocycles. The van der Waals surface area contributed by atoms with Crippen molar-refractivity contribution < 1.29 is 18.0 Å². The molecule has 0 spiro atoms. The molecular formula is C29H31F3N8O. The molecule has 0 aliphatic carbocycles. The zero-order chi connectivity index (χ0) is 29.1. The molecule has 1 saturated heterocycles. The van der Waals surface area contributed by atoms with Gasteiger partial charge in [-0.2, -0.15) is 18.3 Å². The summed E-state index contributed by atoms with van der Waals surface area (Å²) in [4.78, 5) is 20.9. The number of alkyl halides is 3. The van der Waals surface area contributed by atoms with Crippen molar-refractivity contribution in [2.75, 3.05) is 49.6 Å². The van der Waals surface area contributed by atoms with Gasteiger partial charge in [0.15, 0.2) is 5.82 Å². The Morgan fingerprint density at radius 1 is 0.902 bits per heavy atom. The van der Waals surface area contributed by atoms with Crippen LogP contribution in [0.4, 0.5) is 35.3 Å². The molecule has 41 heavy (non-hydrogen) atoms. The number of hydrogen-bond donors (Lipinski definition) is 3. The predicted molar refractivity (Wildman–Crippen MR) is 153 cm³/mol. The van der Waals surface area contributed by atoms with E-state index in [0.29, 0.717) is 18.9 Å². The number of nitrogen functional groups attached to an aromatic ring is 1. The molecule has 9 nitrogen and oxygen atoms in total. The second kappa shape index (κ2) is 11.6. The van der Waals surface area contributed by atoms with Crippen molar-refractivity contribution >= 4 is 23.4 Å². The number of amides is 2. The molecule has 2 aromatic carbocycles. The van der Waals surface area contributed by atoms with Gasteiger partial charge in [0.25, 0.3) is 0 Å². The number of pyridine rings is 1. The van der Waals surface area contributed by atoms with E-state index in [-0.39, 0.29) is 23.6 Å². The summed E-state index contributed by atoms with van der Waals surface area (Å²) in [5, 5.41) is 9.45. The monoisotopic (exact) mass is 564 g/mol. The second-order valence-electron chi connectivity index (χ2n) is 10.1. The summed E-state index contributed by atoms with van der Waals surface area (Å²) in [6.07, 6.45) is -2.85. The van der Waals surface area contributed by atoms with E-state index in [0.717, 1.165) is 41.5 Å². The molecule has 5 rings (SSSR count). The predicted octanol–water partition coefficient (Wildman–Crippen LogP) is 5.14. The molecular weight excluding hydrogens is 533 g/mol. The van der Waals surface area contributed by atoms with Crippen molar-refractivity contribution in [3.8, 4) is 22.4 Å².